The molecule has 23 heavy (non-hydrogen) atoms. The van der Waals surface area contributed by atoms with Crippen molar-refractivity contribution in [3.63, 3.8) is 0 Å². The van der Waals surface area contributed by atoms with E-state index in [1.54, 1.807) is 24.1 Å². The first-order valence-corrected chi connectivity index (χ1v) is 8.23. The summed E-state index contributed by atoms with van der Waals surface area (Å²) in [7, 11) is 1.74. The molecule has 0 aromatic heterocycles. The number of rotatable bonds is 1. The van der Waals surface area contributed by atoms with E-state index in [4.69, 9.17) is 0 Å². The third kappa shape index (κ3) is 2.08. The summed E-state index contributed by atoms with van der Waals surface area (Å²) in [5.74, 6) is -0.791. The number of likely N-dealkylation sites (N-methyl/N-ethyl adjacent to an activating group) is 1. The zero-order chi connectivity index (χ0) is 16.3. The van der Waals surface area contributed by atoms with Gasteiger partial charge in [0.1, 0.15) is 5.82 Å². The average Bonchev–Trinajstić information content (AvgIpc) is 3.02. The van der Waals surface area contributed by atoms with Gasteiger partial charge in [0.05, 0.1) is 16.6 Å². The second kappa shape index (κ2) is 5.03. The predicted octanol–water partition coefficient (Wildman–Crippen LogP) is 2.62. The maximum absolute atomic E-state index is 13.6. The molecular formula is C17H14BrFN2O2. The molecule has 0 saturated heterocycles. The smallest absolute Gasteiger partial charge is 0.252 e. The predicted molar refractivity (Wildman–Crippen MR) is 85.9 cm³/mol. The Morgan fingerprint density at radius 2 is 2.00 bits per heavy atom. The van der Waals surface area contributed by atoms with E-state index in [9.17, 15) is 14.0 Å². The first kappa shape index (κ1) is 14.6. The number of amides is 1. The number of hydrogen-bond donors (Lipinski definition) is 1. The molecule has 0 saturated carbocycles. The van der Waals surface area contributed by atoms with Gasteiger partial charge in [-0.15, -0.1) is 0 Å². The van der Waals surface area contributed by atoms with Gasteiger partial charge in [0, 0.05) is 36.4 Å². The van der Waals surface area contributed by atoms with Crippen LogP contribution >= 0.6 is 15.9 Å². The number of halogens is 2. The molecular weight excluding hydrogens is 363 g/mol. The first-order chi connectivity index (χ1) is 11.0. The highest BCUT2D eigenvalue weighted by Crippen LogP contribution is 2.45. The van der Waals surface area contributed by atoms with Crippen LogP contribution in [0.25, 0.3) is 0 Å². The lowest BCUT2D eigenvalue weighted by molar-refractivity contribution is -0.124. The van der Waals surface area contributed by atoms with Crippen LogP contribution in [0.5, 0.6) is 0 Å². The van der Waals surface area contributed by atoms with Crippen molar-refractivity contribution in [3.8, 4) is 0 Å². The van der Waals surface area contributed by atoms with Crippen LogP contribution in [0, 0.1) is 5.82 Å². The van der Waals surface area contributed by atoms with Crippen LogP contribution in [-0.4, -0.2) is 30.2 Å². The highest BCUT2D eigenvalue weighted by molar-refractivity contribution is 9.10. The Morgan fingerprint density at radius 3 is 2.74 bits per heavy atom. The normalized spacial score (nSPS) is 23.4. The first-order valence-electron chi connectivity index (χ1n) is 7.44. The van der Waals surface area contributed by atoms with E-state index in [0.29, 0.717) is 35.0 Å². The Morgan fingerprint density at radius 1 is 1.22 bits per heavy atom. The van der Waals surface area contributed by atoms with Crippen LogP contribution in [0.15, 0.2) is 45.2 Å². The number of benzene rings is 1. The molecule has 6 heteroatoms. The lowest BCUT2D eigenvalue weighted by atomic mass is 9.81. The molecule has 2 heterocycles. The SMILES string of the molecule is CN1CC2=C(C1=O)[C@H](c1ccc(F)c(Br)c1)C1=C(CCC1=O)N2. The van der Waals surface area contributed by atoms with Crippen LogP contribution in [0.1, 0.15) is 24.3 Å². The Balaban J connectivity index is 1.90. The van der Waals surface area contributed by atoms with Crippen molar-refractivity contribution in [1.29, 1.82) is 0 Å². The van der Waals surface area contributed by atoms with Gasteiger partial charge in [-0.3, -0.25) is 9.59 Å². The number of nitrogens with one attached hydrogen (secondary N) is 1. The largest absolute Gasteiger partial charge is 0.360 e. The van der Waals surface area contributed by atoms with Crippen molar-refractivity contribution in [3.05, 3.63) is 56.6 Å². The summed E-state index contributed by atoms with van der Waals surface area (Å²) in [6.07, 6.45) is 1.13. The Bertz CT molecular complexity index is 828. The van der Waals surface area contributed by atoms with Crippen LogP contribution in [0.2, 0.25) is 0 Å². The molecule has 0 radical (unpaired) electrons. The van der Waals surface area contributed by atoms with E-state index >= 15 is 0 Å². The van der Waals surface area contributed by atoms with Crippen molar-refractivity contribution in [2.45, 2.75) is 18.8 Å². The number of nitrogens with zero attached hydrogens (tertiary/aromatic N) is 1. The summed E-state index contributed by atoms with van der Waals surface area (Å²) >= 11 is 3.20. The van der Waals surface area contributed by atoms with E-state index in [2.05, 4.69) is 21.2 Å². The number of allylic oxidation sites excluding steroid dienone is 2. The fourth-order valence-corrected chi connectivity index (χ4v) is 4.02. The number of carbonyl (C=O) groups is 2. The van der Waals surface area contributed by atoms with Gasteiger partial charge >= 0.3 is 0 Å². The summed E-state index contributed by atoms with van der Waals surface area (Å²) in [5.41, 5.74) is 3.79. The highest BCUT2D eigenvalue weighted by atomic mass is 79.9. The molecule has 1 amide bonds. The second-order valence-electron chi connectivity index (χ2n) is 6.10. The van der Waals surface area contributed by atoms with Crippen molar-refractivity contribution in [2.24, 2.45) is 0 Å². The van der Waals surface area contributed by atoms with Crippen molar-refractivity contribution < 1.29 is 14.0 Å². The summed E-state index contributed by atoms with van der Waals surface area (Å²) in [5, 5.41) is 3.28. The number of ketones is 1. The zero-order valence-corrected chi connectivity index (χ0v) is 14.0. The van der Waals surface area contributed by atoms with Gasteiger partial charge < -0.3 is 10.2 Å². The number of Topliss-reactive ketones (excluding diaryl/α,β-unsaturated/α-hetero) is 1. The molecule has 3 aliphatic rings. The quantitative estimate of drug-likeness (QED) is 0.819. The number of hydrogen-bond acceptors (Lipinski definition) is 3. The Labute approximate surface area is 141 Å². The van der Waals surface area contributed by atoms with Gasteiger partial charge in [0.2, 0.25) is 0 Å². The maximum atomic E-state index is 13.6. The molecule has 1 atom stereocenters. The molecule has 0 unspecified atom stereocenters. The molecule has 0 fully saturated rings. The minimum atomic E-state index is -0.411. The minimum absolute atomic E-state index is 0.0619. The molecule has 0 spiro atoms. The van der Waals surface area contributed by atoms with Crippen molar-refractivity contribution in [2.75, 3.05) is 13.6 Å². The van der Waals surface area contributed by atoms with Gasteiger partial charge in [-0.1, -0.05) is 6.07 Å². The Kier molecular flexibility index (Phi) is 3.20. The fraction of sp³-hybridized carbons (Fsp3) is 0.294. The summed E-state index contributed by atoms with van der Waals surface area (Å²) in [4.78, 5) is 26.6. The summed E-state index contributed by atoms with van der Waals surface area (Å²) in [6.45, 7) is 0.512. The second-order valence-corrected chi connectivity index (χ2v) is 6.95. The third-order valence-corrected chi connectivity index (χ3v) is 5.29. The van der Waals surface area contributed by atoms with Gasteiger partial charge in [0.15, 0.2) is 5.78 Å². The fourth-order valence-electron chi connectivity index (χ4n) is 3.63. The number of carbonyl (C=O) groups excluding carboxylic acids is 2. The molecule has 1 N–H and O–H groups in total. The van der Waals surface area contributed by atoms with Crippen molar-refractivity contribution >= 4 is 27.6 Å². The molecule has 4 nitrogen and oxygen atoms in total. The summed E-state index contributed by atoms with van der Waals surface area (Å²) < 4.78 is 13.9. The topological polar surface area (TPSA) is 49.4 Å². The van der Waals surface area contributed by atoms with E-state index in [0.717, 1.165) is 17.0 Å². The number of dihydropyridines is 1. The maximum Gasteiger partial charge on any atom is 0.252 e. The average molecular weight is 377 g/mol. The molecule has 1 aliphatic carbocycles. The molecule has 118 valence electrons. The lowest BCUT2D eigenvalue weighted by Crippen LogP contribution is -2.27. The van der Waals surface area contributed by atoms with Crippen LogP contribution in [0.3, 0.4) is 0 Å². The van der Waals surface area contributed by atoms with Gasteiger partial charge in [-0.2, -0.15) is 0 Å². The van der Waals surface area contributed by atoms with E-state index < -0.39 is 5.92 Å². The monoisotopic (exact) mass is 376 g/mol. The summed E-state index contributed by atoms with van der Waals surface area (Å²) in [6, 6.07) is 4.69. The molecule has 2 aliphatic heterocycles. The molecule has 1 aromatic carbocycles. The van der Waals surface area contributed by atoms with Crippen molar-refractivity contribution in [1.82, 2.24) is 10.2 Å². The highest BCUT2D eigenvalue weighted by Gasteiger charge is 2.44. The molecule has 4 rings (SSSR count). The van der Waals surface area contributed by atoms with E-state index in [-0.39, 0.29) is 17.5 Å². The molecule has 1 aromatic rings. The van der Waals surface area contributed by atoms with Gasteiger partial charge in [0.25, 0.3) is 5.91 Å². The van der Waals surface area contributed by atoms with E-state index in [1.807, 2.05) is 0 Å². The standard InChI is InChI=1S/C17H14BrFN2O2/c1-21-7-12-16(17(21)23)14(8-2-3-10(19)9(18)6-8)15-11(20-12)4-5-13(15)22/h2-3,6,14,20H,4-5,7H2,1H3/t14-/m1/s1. The Hall–Kier alpha value is -1.95. The van der Waals surface area contributed by atoms with E-state index in [1.165, 1.54) is 6.07 Å². The molecule has 0 bridgehead atoms. The minimum Gasteiger partial charge on any atom is -0.360 e. The zero-order valence-electron chi connectivity index (χ0n) is 12.5. The van der Waals surface area contributed by atoms with Gasteiger partial charge in [-0.05, 0) is 40.0 Å². The third-order valence-electron chi connectivity index (χ3n) is 4.68. The van der Waals surface area contributed by atoms with Crippen LogP contribution in [-0.2, 0) is 9.59 Å². The van der Waals surface area contributed by atoms with Crippen LogP contribution < -0.4 is 5.32 Å². The van der Waals surface area contributed by atoms with Gasteiger partial charge in [-0.25, -0.2) is 4.39 Å². The van der Waals surface area contributed by atoms with Crippen LogP contribution in [0.4, 0.5) is 4.39 Å². The lowest BCUT2D eigenvalue weighted by Gasteiger charge is -2.26.